The van der Waals surface area contributed by atoms with Crippen LogP contribution in [0.4, 0.5) is 0 Å². The first-order valence-corrected chi connectivity index (χ1v) is 19.2. The summed E-state index contributed by atoms with van der Waals surface area (Å²) in [5.74, 6) is 0. The van der Waals surface area contributed by atoms with Crippen LogP contribution < -0.4 is 0 Å². The molecule has 0 unspecified atom stereocenters. The van der Waals surface area contributed by atoms with Gasteiger partial charge in [-0.2, -0.15) is 0 Å². The van der Waals surface area contributed by atoms with Gasteiger partial charge in [-0.25, -0.2) is 0 Å². The third kappa shape index (κ3) is 4.41. The van der Waals surface area contributed by atoms with E-state index in [0.29, 0.717) is 0 Å². The van der Waals surface area contributed by atoms with E-state index < -0.39 is 5.41 Å². The Morgan fingerprint density at radius 3 is 1.49 bits per heavy atom. The molecule has 0 saturated carbocycles. The normalized spacial score (nSPS) is 13.1. The minimum Gasteiger partial charge on any atom is -0.309 e. The maximum absolute atomic E-state index is 4.42. The Balaban J connectivity index is 1.01. The van der Waals surface area contributed by atoms with Crippen LogP contribution in [-0.4, -0.2) is 29.1 Å². The van der Waals surface area contributed by atoms with Crippen molar-refractivity contribution in [3.05, 3.63) is 217 Å². The SMILES string of the molecule is c1ccc2c(c1)-c1c(ccc3c1c1ccccc1n3-c1ccc(-c3ccc(-n4c5ccncc5c5cnccc54)cc3)cc1)C2(c1ccncc1)c1ccncc1. The Bertz CT molecular complexity index is 3240. The van der Waals surface area contributed by atoms with Gasteiger partial charge in [0.15, 0.2) is 0 Å². The summed E-state index contributed by atoms with van der Waals surface area (Å²) in [4.78, 5) is 17.6. The van der Waals surface area contributed by atoms with E-state index in [1.807, 2.05) is 49.6 Å². The summed E-state index contributed by atoms with van der Waals surface area (Å²) in [7, 11) is 0. The zero-order valence-corrected chi connectivity index (χ0v) is 30.7. The minimum atomic E-state index is -0.525. The van der Waals surface area contributed by atoms with Crippen molar-refractivity contribution in [1.29, 1.82) is 0 Å². The number of fused-ring (bicyclic) bond motifs is 10. The van der Waals surface area contributed by atoms with Gasteiger partial charge >= 0.3 is 0 Å². The average Bonchev–Trinajstić information content (AvgIpc) is 3.92. The van der Waals surface area contributed by atoms with Crippen LogP contribution in [0.1, 0.15) is 22.3 Å². The van der Waals surface area contributed by atoms with Crippen LogP contribution in [0.25, 0.3) is 77.2 Å². The molecule has 0 radical (unpaired) electrons. The van der Waals surface area contributed by atoms with Crippen molar-refractivity contribution in [3.63, 3.8) is 0 Å². The largest absolute Gasteiger partial charge is 0.309 e. The zero-order chi connectivity index (χ0) is 37.5. The summed E-state index contributed by atoms with van der Waals surface area (Å²) in [5.41, 5.74) is 16.0. The zero-order valence-electron chi connectivity index (χ0n) is 30.7. The number of rotatable bonds is 5. The topological polar surface area (TPSA) is 61.4 Å². The summed E-state index contributed by atoms with van der Waals surface area (Å²) in [6.45, 7) is 0. The molecular formula is C51H32N6. The number of hydrogen-bond acceptors (Lipinski definition) is 4. The third-order valence-electron chi connectivity index (χ3n) is 12.0. The second-order valence-corrected chi connectivity index (χ2v) is 14.7. The van der Waals surface area contributed by atoms with Gasteiger partial charge in [-0.1, -0.05) is 72.8 Å². The van der Waals surface area contributed by atoms with Crippen LogP contribution in [0.2, 0.25) is 0 Å². The molecule has 0 bridgehead atoms. The molecule has 6 aromatic heterocycles. The molecular weight excluding hydrogens is 697 g/mol. The lowest BCUT2D eigenvalue weighted by molar-refractivity contribution is 0.764. The van der Waals surface area contributed by atoms with E-state index in [0.717, 1.165) is 44.3 Å². The van der Waals surface area contributed by atoms with Gasteiger partial charge in [-0.05, 0) is 117 Å². The third-order valence-corrected chi connectivity index (χ3v) is 12.0. The van der Waals surface area contributed by atoms with Gasteiger partial charge in [0.1, 0.15) is 0 Å². The van der Waals surface area contributed by atoms with Crippen molar-refractivity contribution in [1.82, 2.24) is 29.1 Å². The highest BCUT2D eigenvalue weighted by Gasteiger charge is 2.47. The fourth-order valence-corrected chi connectivity index (χ4v) is 9.69. The second-order valence-electron chi connectivity index (χ2n) is 14.7. The highest BCUT2D eigenvalue weighted by molar-refractivity contribution is 6.18. The lowest BCUT2D eigenvalue weighted by atomic mass is 9.68. The van der Waals surface area contributed by atoms with Gasteiger partial charge in [0.25, 0.3) is 0 Å². The molecule has 266 valence electrons. The van der Waals surface area contributed by atoms with Crippen LogP contribution >= 0.6 is 0 Å². The number of nitrogens with zero attached hydrogens (tertiary/aromatic N) is 6. The van der Waals surface area contributed by atoms with Gasteiger partial charge in [0.05, 0.1) is 27.5 Å². The Morgan fingerprint density at radius 2 is 0.877 bits per heavy atom. The van der Waals surface area contributed by atoms with Crippen LogP contribution in [0.3, 0.4) is 0 Å². The van der Waals surface area contributed by atoms with E-state index in [9.17, 15) is 0 Å². The van der Waals surface area contributed by atoms with Crippen molar-refractivity contribution in [2.45, 2.75) is 5.41 Å². The molecule has 6 heterocycles. The molecule has 0 amide bonds. The molecule has 12 rings (SSSR count). The van der Waals surface area contributed by atoms with Crippen LogP contribution in [0.5, 0.6) is 0 Å². The summed E-state index contributed by atoms with van der Waals surface area (Å²) in [6, 6.07) is 53.0. The van der Waals surface area contributed by atoms with Crippen molar-refractivity contribution in [3.8, 4) is 33.6 Å². The number of pyridine rings is 4. The maximum atomic E-state index is 4.42. The van der Waals surface area contributed by atoms with Gasteiger partial charge in [-0.15, -0.1) is 0 Å². The minimum absolute atomic E-state index is 0.525. The summed E-state index contributed by atoms with van der Waals surface area (Å²) >= 11 is 0. The Hall–Kier alpha value is -7.70. The van der Waals surface area contributed by atoms with E-state index in [4.69, 9.17) is 0 Å². The smallest absolute Gasteiger partial charge is 0.0715 e. The van der Waals surface area contributed by atoms with E-state index in [2.05, 4.69) is 175 Å². The Labute approximate surface area is 328 Å². The van der Waals surface area contributed by atoms with Gasteiger partial charge in [-0.3, -0.25) is 19.9 Å². The van der Waals surface area contributed by atoms with Gasteiger partial charge in [0, 0.05) is 82.5 Å². The first-order valence-electron chi connectivity index (χ1n) is 19.2. The number of benzene rings is 5. The first-order chi connectivity index (χ1) is 28.3. The second kappa shape index (κ2) is 12.2. The number of para-hydroxylation sites is 1. The summed E-state index contributed by atoms with van der Waals surface area (Å²) < 4.78 is 4.71. The van der Waals surface area contributed by atoms with Crippen LogP contribution in [-0.2, 0) is 5.41 Å². The molecule has 6 nitrogen and oxygen atoms in total. The quantitative estimate of drug-likeness (QED) is 0.177. The molecule has 0 atom stereocenters. The van der Waals surface area contributed by atoms with Crippen LogP contribution in [0, 0.1) is 0 Å². The lowest BCUT2D eigenvalue weighted by Gasteiger charge is -2.33. The molecule has 0 aliphatic heterocycles. The van der Waals surface area contributed by atoms with Crippen molar-refractivity contribution < 1.29 is 0 Å². The molecule has 11 aromatic rings. The molecule has 1 aliphatic rings. The molecule has 0 saturated heterocycles. The Kier molecular flexibility index (Phi) is 6.74. The number of aromatic nitrogens is 6. The lowest BCUT2D eigenvalue weighted by Crippen LogP contribution is -2.28. The summed E-state index contributed by atoms with van der Waals surface area (Å²) in [5, 5.41) is 4.69. The monoisotopic (exact) mass is 728 g/mol. The number of hydrogen-bond donors (Lipinski definition) is 0. The standard InChI is InChI=1S/C51H32N6/c1-3-7-43-39(5-1)49-44(51(43,35-19-25-52-26-20-35)36-21-27-53-28-22-36)17-18-48-50(49)40-6-2-4-8-45(40)57(48)38-15-11-34(12-16-38)33-9-13-37(14-10-33)56-46-23-29-54-31-41(46)42-32-55-30-24-47(42)56/h1-32H. The van der Waals surface area contributed by atoms with E-state index in [1.165, 1.54) is 55.2 Å². The predicted octanol–water partition coefficient (Wildman–Crippen LogP) is 11.5. The molecule has 1 aliphatic carbocycles. The van der Waals surface area contributed by atoms with Crippen molar-refractivity contribution in [2.75, 3.05) is 0 Å². The van der Waals surface area contributed by atoms with Crippen molar-refractivity contribution in [2.24, 2.45) is 0 Å². The van der Waals surface area contributed by atoms with Crippen LogP contribution in [0.15, 0.2) is 195 Å². The molecule has 5 aromatic carbocycles. The molecule has 0 N–H and O–H groups in total. The van der Waals surface area contributed by atoms with Gasteiger partial charge < -0.3 is 9.13 Å². The predicted molar refractivity (Wildman–Crippen MR) is 229 cm³/mol. The summed E-state index contributed by atoms with van der Waals surface area (Å²) in [6.07, 6.45) is 15.2. The highest BCUT2D eigenvalue weighted by Crippen LogP contribution is 2.58. The molecule has 0 spiro atoms. The maximum Gasteiger partial charge on any atom is 0.0715 e. The van der Waals surface area contributed by atoms with E-state index in [1.54, 1.807) is 0 Å². The van der Waals surface area contributed by atoms with E-state index >= 15 is 0 Å². The fourth-order valence-electron chi connectivity index (χ4n) is 9.69. The van der Waals surface area contributed by atoms with Gasteiger partial charge in [0.2, 0.25) is 0 Å². The first kappa shape index (κ1) is 31.6. The molecule has 57 heavy (non-hydrogen) atoms. The van der Waals surface area contributed by atoms with Crippen molar-refractivity contribution >= 4 is 43.6 Å². The fraction of sp³-hybridized carbons (Fsp3) is 0.0196. The average molecular weight is 729 g/mol. The molecule has 6 heteroatoms. The Morgan fingerprint density at radius 1 is 0.368 bits per heavy atom. The highest BCUT2D eigenvalue weighted by atomic mass is 15.0. The molecule has 0 fully saturated rings. The van der Waals surface area contributed by atoms with E-state index in [-0.39, 0.29) is 0 Å².